The minimum atomic E-state index is -3.66. The van der Waals surface area contributed by atoms with E-state index in [1.807, 2.05) is 39.8 Å². The Hall–Kier alpha value is -1.82. The van der Waals surface area contributed by atoms with Gasteiger partial charge >= 0.3 is 0 Å². The van der Waals surface area contributed by atoms with Gasteiger partial charge in [-0.2, -0.15) is 5.10 Å². The van der Waals surface area contributed by atoms with E-state index in [2.05, 4.69) is 9.82 Å². The highest BCUT2D eigenvalue weighted by Crippen LogP contribution is 2.28. The minimum absolute atomic E-state index is 0.221. The van der Waals surface area contributed by atoms with Gasteiger partial charge in [-0.1, -0.05) is 32.9 Å². The van der Waals surface area contributed by atoms with Gasteiger partial charge in [0.2, 0.25) is 0 Å². The van der Waals surface area contributed by atoms with Crippen molar-refractivity contribution in [2.24, 2.45) is 7.05 Å². The van der Waals surface area contributed by atoms with Crippen LogP contribution in [0.4, 0.5) is 5.69 Å². The SMILES string of the molecule is Cc1cccc(NS(=O)(=O)c2cn(C)nc2C(C)(C)C)c1. The number of aromatic nitrogens is 2. The van der Waals surface area contributed by atoms with Crippen LogP contribution in [0.5, 0.6) is 0 Å². The molecular weight excluding hydrogens is 286 g/mol. The van der Waals surface area contributed by atoms with Crippen LogP contribution in [0.3, 0.4) is 0 Å². The molecule has 114 valence electrons. The summed E-state index contributed by atoms with van der Waals surface area (Å²) in [5, 5.41) is 4.30. The number of benzene rings is 1. The number of aryl methyl sites for hydroxylation is 2. The molecule has 0 aliphatic rings. The van der Waals surface area contributed by atoms with Crippen molar-refractivity contribution in [3.8, 4) is 0 Å². The third-order valence-corrected chi connectivity index (χ3v) is 4.45. The summed E-state index contributed by atoms with van der Waals surface area (Å²) in [4.78, 5) is 0.221. The Labute approximate surface area is 126 Å². The molecular formula is C15H21N3O2S. The van der Waals surface area contributed by atoms with Gasteiger partial charge in [0.05, 0.1) is 5.69 Å². The number of hydrogen-bond acceptors (Lipinski definition) is 3. The van der Waals surface area contributed by atoms with Crippen LogP contribution in [-0.2, 0) is 22.5 Å². The maximum absolute atomic E-state index is 12.6. The van der Waals surface area contributed by atoms with E-state index in [1.165, 1.54) is 4.68 Å². The Morgan fingerprint density at radius 2 is 1.90 bits per heavy atom. The molecule has 21 heavy (non-hydrogen) atoms. The quantitative estimate of drug-likeness (QED) is 0.948. The van der Waals surface area contributed by atoms with Crippen molar-refractivity contribution < 1.29 is 8.42 Å². The van der Waals surface area contributed by atoms with Crippen LogP contribution in [0.25, 0.3) is 0 Å². The van der Waals surface area contributed by atoms with Gasteiger partial charge in [0.15, 0.2) is 0 Å². The molecule has 0 saturated carbocycles. The Morgan fingerprint density at radius 1 is 1.24 bits per heavy atom. The first-order valence-electron chi connectivity index (χ1n) is 6.73. The summed E-state index contributed by atoms with van der Waals surface area (Å²) in [6.07, 6.45) is 1.54. The highest BCUT2D eigenvalue weighted by atomic mass is 32.2. The van der Waals surface area contributed by atoms with Gasteiger partial charge in [-0.15, -0.1) is 0 Å². The van der Waals surface area contributed by atoms with Crippen molar-refractivity contribution in [1.29, 1.82) is 0 Å². The van der Waals surface area contributed by atoms with Crippen molar-refractivity contribution in [3.05, 3.63) is 41.7 Å². The molecule has 1 heterocycles. The first-order valence-corrected chi connectivity index (χ1v) is 8.21. The first kappa shape index (κ1) is 15.6. The molecule has 0 saturated heterocycles. The van der Waals surface area contributed by atoms with Crippen molar-refractivity contribution in [2.75, 3.05) is 4.72 Å². The van der Waals surface area contributed by atoms with Gasteiger partial charge < -0.3 is 0 Å². The smallest absolute Gasteiger partial charge is 0.265 e. The normalized spacial score (nSPS) is 12.4. The number of rotatable bonds is 3. The molecule has 2 aromatic rings. The fraction of sp³-hybridized carbons (Fsp3) is 0.400. The maximum atomic E-state index is 12.6. The summed E-state index contributed by atoms with van der Waals surface area (Å²) in [5.74, 6) is 0. The second-order valence-electron chi connectivity index (χ2n) is 6.24. The van der Waals surface area contributed by atoms with Crippen molar-refractivity contribution in [3.63, 3.8) is 0 Å². The van der Waals surface area contributed by atoms with E-state index in [1.54, 1.807) is 25.4 Å². The molecule has 0 aliphatic heterocycles. The summed E-state index contributed by atoms with van der Waals surface area (Å²) in [6, 6.07) is 7.27. The Bertz CT molecular complexity index is 755. The van der Waals surface area contributed by atoms with E-state index < -0.39 is 10.0 Å². The monoisotopic (exact) mass is 307 g/mol. The zero-order valence-electron chi connectivity index (χ0n) is 13.0. The van der Waals surface area contributed by atoms with Crippen molar-refractivity contribution in [1.82, 2.24) is 9.78 Å². The van der Waals surface area contributed by atoms with Gasteiger partial charge in [-0.25, -0.2) is 8.42 Å². The van der Waals surface area contributed by atoms with Crippen LogP contribution >= 0.6 is 0 Å². The highest BCUT2D eigenvalue weighted by Gasteiger charge is 2.29. The predicted molar refractivity (Wildman–Crippen MR) is 83.9 cm³/mol. The molecule has 0 atom stereocenters. The molecule has 6 heteroatoms. The van der Waals surface area contributed by atoms with E-state index in [0.29, 0.717) is 11.4 Å². The number of nitrogens with one attached hydrogen (secondary N) is 1. The minimum Gasteiger partial charge on any atom is -0.280 e. The molecule has 2 rings (SSSR count). The van der Waals surface area contributed by atoms with E-state index in [-0.39, 0.29) is 10.3 Å². The number of hydrogen-bond donors (Lipinski definition) is 1. The highest BCUT2D eigenvalue weighted by molar-refractivity contribution is 7.92. The second-order valence-corrected chi connectivity index (χ2v) is 7.89. The summed E-state index contributed by atoms with van der Waals surface area (Å²) in [5.41, 5.74) is 1.76. The molecule has 1 N–H and O–H groups in total. The van der Waals surface area contributed by atoms with E-state index in [4.69, 9.17) is 0 Å². The number of anilines is 1. The summed E-state index contributed by atoms with van der Waals surface area (Å²) in [6.45, 7) is 7.76. The average Bonchev–Trinajstić information content (AvgIpc) is 2.71. The van der Waals surface area contributed by atoms with Crippen LogP contribution in [0.2, 0.25) is 0 Å². The second kappa shape index (κ2) is 5.18. The lowest BCUT2D eigenvalue weighted by Crippen LogP contribution is -2.20. The van der Waals surface area contributed by atoms with Gasteiger partial charge in [-0.05, 0) is 24.6 Å². The fourth-order valence-electron chi connectivity index (χ4n) is 2.10. The lowest BCUT2D eigenvalue weighted by Gasteiger charge is -2.17. The average molecular weight is 307 g/mol. The Balaban J connectivity index is 2.45. The number of sulfonamides is 1. The van der Waals surface area contributed by atoms with Gasteiger partial charge in [0.25, 0.3) is 10.0 Å². The summed E-state index contributed by atoms with van der Waals surface area (Å²) >= 11 is 0. The molecule has 1 aromatic carbocycles. The molecule has 0 spiro atoms. The molecule has 0 bridgehead atoms. The van der Waals surface area contributed by atoms with Gasteiger partial charge in [-0.3, -0.25) is 9.40 Å². The Morgan fingerprint density at radius 3 is 2.48 bits per heavy atom. The zero-order valence-corrected chi connectivity index (χ0v) is 13.8. The van der Waals surface area contributed by atoms with Crippen LogP contribution in [-0.4, -0.2) is 18.2 Å². The molecule has 0 radical (unpaired) electrons. The van der Waals surface area contributed by atoms with Crippen LogP contribution in [0.1, 0.15) is 32.0 Å². The van der Waals surface area contributed by atoms with E-state index in [9.17, 15) is 8.42 Å². The van der Waals surface area contributed by atoms with E-state index >= 15 is 0 Å². The molecule has 1 aromatic heterocycles. The molecule has 0 unspecified atom stereocenters. The van der Waals surface area contributed by atoms with Gasteiger partial charge in [0, 0.05) is 24.3 Å². The van der Waals surface area contributed by atoms with Crippen LogP contribution in [0.15, 0.2) is 35.4 Å². The predicted octanol–water partition coefficient (Wildman–Crippen LogP) is 2.83. The summed E-state index contributed by atoms with van der Waals surface area (Å²) in [7, 11) is -1.93. The number of nitrogens with zero attached hydrogens (tertiary/aromatic N) is 2. The lowest BCUT2D eigenvalue weighted by molar-refractivity contribution is 0.539. The van der Waals surface area contributed by atoms with Gasteiger partial charge in [0.1, 0.15) is 4.90 Å². The molecule has 5 nitrogen and oxygen atoms in total. The topological polar surface area (TPSA) is 64.0 Å². The maximum Gasteiger partial charge on any atom is 0.265 e. The molecule has 0 aliphatic carbocycles. The Kier molecular flexibility index (Phi) is 3.84. The largest absolute Gasteiger partial charge is 0.280 e. The standard InChI is InChI=1S/C15H21N3O2S/c1-11-7-6-8-12(9-11)17-21(19,20)13-10-18(5)16-14(13)15(2,3)4/h6-10,17H,1-5H3. The summed E-state index contributed by atoms with van der Waals surface area (Å²) < 4.78 is 29.4. The first-order chi connectivity index (χ1) is 9.59. The van der Waals surface area contributed by atoms with Crippen LogP contribution < -0.4 is 4.72 Å². The van der Waals surface area contributed by atoms with Crippen molar-refractivity contribution >= 4 is 15.7 Å². The molecule has 0 fully saturated rings. The third-order valence-electron chi connectivity index (χ3n) is 3.07. The lowest BCUT2D eigenvalue weighted by atomic mass is 9.92. The fourth-order valence-corrected chi connectivity index (χ4v) is 3.54. The third kappa shape index (κ3) is 3.44. The molecule has 0 amide bonds. The zero-order chi connectivity index (χ0) is 15.8. The van der Waals surface area contributed by atoms with Crippen LogP contribution in [0, 0.1) is 6.92 Å². The van der Waals surface area contributed by atoms with Crippen molar-refractivity contribution in [2.45, 2.75) is 38.0 Å². The van der Waals surface area contributed by atoms with E-state index in [0.717, 1.165) is 5.56 Å².